The summed E-state index contributed by atoms with van der Waals surface area (Å²) in [5.74, 6) is 1.57. The molecule has 1 heterocycles. The first-order valence-electron chi connectivity index (χ1n) is 7.42. The van der Waals surface area contributed by atoms with Crippen molar-refractivity contribution in [1.82, 2.24) is 10.6 Å². The van der Waals surface area contributed by atoms with E-state index in [1.54, 1.807) is 0 Å². The zero-order chi connectivity index (χ0) is 14.4. The molecule has 2 unspecified atom stereocenters. The minimum atomic E-state index is -0.0474. The van der Waals surface area contributed by atoms with Gasteiger partial charge in [0.25, 0.3) is 0 Å². The molecule has 0 aromatic heterocycles. The molecule has 1 saturated heterocycles. The molecule has 4 nitrogen and oxygen atoms in total. The van der Waals surface area contributed by atoms with Gasteiger partial charge in [-0.3, -0.25) is 4.79 Å². The molecule has 1 aromatic rings. The number of carbonyl (C=O) groups excluding carboxylic acids is 1. The number of piperidine rings is 1. The molecule has 110 valence electrons. The van der Waals surface area contributed by atoms with Crippen LogP contribution in [0.5, 0.6) is 5.75 Å². The summed E-state index contributed by atoms with van der Waals surface area (Å²) in [5, 5.41) is 6.28. The number of rotatable bonds is 5. The van der Waals surface area contributed by atoms with Crippen LogP contribution in [-0.4, -0.2) is 25.1 Å². The summed E-state index contributed by atoms with van der Waals surface area (Å²) in [5.41, 5.74) is 1.06. The van der Waals surface area contributed by atoms with E-state index < -0.39 is 0 Å². The van der Waals surface area contributed by atoms with Gasteiger partial charge in [-0.2, -0.15) is 0 Å². The number of hydrogen-bond donors (Lipinski definition) is 2. The maximum atomic E-state index is 12.1. The highest BCUT2D eigenvalue weighted by Crippen LogP contribution is 2.16. The molecule has 1 aromatic carbocycles. The highest BCUT2D eigenvalue weighted by atomic mass is 16.5. The van der Waals surface area contributed by atoms with E-state index in [2.05, 4.69) is 17.6 Å². The van der Waals surface area contributed by atoms with Crippen LogP contribution in [0, 0.1) is 5.92 Å². The third-order valence-electron chi connectivity index (χ3n) is 3.66. The van der Waals surface area contributed by atoms with Crippen LogP contribution in [0.3, 0.4) is 0 Å². The molecule has 1 fully saturated rings. The first-order chi connectivity index (χ1) is 9.69. The Morgan fingerprint density at radius 1 is 1.50 bits per heavy atom. The number of benzene rings is 1. The monoisotopic (exact) mass is 276 g/mol. The van der Waals surface area contributed by atoms with Gasteiger partial charge in [-0.05, 0) is 49.9 Å². The van der Waals surface area contributed by atoms with Crippen LogP contribution < -0.4 is 15.4 Å². The first-order valence-corrected chi connectivity index (χ1v) is 7.42. The van der Waals surface area contributed by atoms with Crippen LogP contribution >= 0.6 is 0 Å². The Kier molecular flexibility index (Phi) is 5.41. The fourth-order valence-corrected chi connectivity index (χ4v) is 2.53. The average molecular weight is 276 g/mol. The summed E-state index contributed by atoms with van der Waals surface area (Å²) in [6.07, 6.45) is 2.07. The van der Waals surface area contributed by atoms with E-state index in [1.165, 1.54) is 0 Å². The van der Waals surface area contributed by atoms with E-state index in [1.807, 2.05) is 31.2 Å². The summed E-state index contributed by atoms with van der Waals surface area (Å²) in [6.45, 7) is 6.29. The van der Waals surface area contributed by atoms with Crippen LogP contribution in [0.1, 0.15) is 32.3 Å². The van der Waals surface area contributed by atoms with Crippen LogP contribution in [-0.2, 0) is 11.3 Å². The minimum absolute atomic E-state index is 0.0474. The van der Waals surface area contributed by atoms with Gasteiger partial charge in [-0.1, -0.05) is 19.1 Å². The van der Waals surface area contributed by atoms with Gasteiger partial charge < -0.3 is 15.4 Å². The van der Waals surface area contributed by atoms with E-state index >= 15 is 0 Å². The van der Waals surface area contributed by atoms with Crippen molar-refractivity contribution in [2.75, 3.05) is 13.2 Å². The predicted molar refractivity (Wildman–Crippen MR) is 79.6 cm³/mol. The van der Waals surface area contributed by atoms with E-state index in [4.69, 9.17) is 4.74 Å². The van der Waals surface area contributed by atoms with Crippen molar-refractivity contribution in [1.29, 1.82) is 0 Å². The Balaban J connectivity index is 1.85. The second-order valence-corrected chi connectivity index (χ2v) is 5.43. The minimum Gasteiger partial charge on any atom is -0.494 e. The maximum absolute atomic E-state index is 12.1. The maximum Gasteiger partial charge on any atom is 0.237 e. The highest BCUT2D eigenvalue weighted by molar-refractivity contribution is 5.81. The highest BCUT2D eigenvalue weighted by Gasteiger charge is 2.23. The van der Waals surface area contributed by atoms with Gasteiger partial charge in [0.15, 0.2) is 0 Å². The molecule has 0 aliphatic carbocycles. The van der Waals surface area contributed by atoms with Crippen LogP contribution in [0.2, 0.25) is 0 Å². The number of nitrogens with one attached hydrogen (secondary N) is 2. The molecule has 0 bridgehead atoms. The fraction of sp³-hybridized carbons (Fsp3) is 0.562. The Bertz CT molecular complexity index is 448. The van der Waals surface area contributed by atoms with Crippen molar-refractivity contribution < 1.29 is 9.53 Å². The third kappa shape index (κ3) is 4.23. The second-order valence-electron chi connectivity index (χ2n) is 5.43. The normalized spacial score (nSPS) is 22.3. The largest absolute Gasteiger partial charge is 0.494 e. The summed E-state index contributed by atoms with van der Waals surface area (Å²) in [6, 6.07) is 7.81. The van der Waals surface area contributed by atoms with Gasteiger partial charge >= 0.3 is 0 Å². The molecule has 4 heteroatoms. The van der Waals surface area contributed by atoms with E-state index in [0.29, 0.717) is 19.1 Å². The van der Waals surface area contributed by atoms with Gasteiger partial charge in [0.1, 0.15) is 5.75 Å². The average Bonchev–Trinajstić information content (AvgIpc) is 2.45. The lowest BCUT2D eigenvalue weighted by Crippen LogP contribution is -2.48. The fourth-order valence-electron chi connectivity index (χ4n) is 2.53. The Morgan fingerprint density at radius 2 is 2.35 bits per heavy atom. The molecule has 0 saturated carbocycles. The lowest BCUT2D eigenvalue weighted by atomic mass is 9.94. The molecule has 20 heavy (non-hydrogen) atoms. The molecule has 0 spiro atoms. The number of hydrogen-bond acceptors (Lipinski definition) is 3. The quantitative estimate of drug-likeness (QED) is 0.866. The van der Waals surface area contributed by atoms with Crippen molar-refractivity contribution in [3.8, 4) is 5.75 Å². The zero-order valence-corrected chi connectivity index (χ0v) is 12.3. The molecule has 1 amide bonds. The Hall–Kier alpha value is -1.55. The van der Waals surface area contributed by atoms with Gasteiger partial charge in [0.2, 0.25) is 5.91 Å². The van der Waals surface area contributed by atoms with Crippen molar-refractivity contribution in [3.63, 3.8) is 0 Å². The Labute approximate surface area is 120 Å². The second kappa shape index (κ2) is 7.29. The predicted octanol–water partition coefficient (Wildman–Crippen LogP) is 2.09. The van der Waals surface area contributed by atoms with Gasteiger partial charge in [0.05, 0.1) is 12.6 Å². The lowest BCUT2D eigenvalue weighted by molar-refractivity contribution is -0.124. The SMILES string of the molecule is CCOc1cccc(CNC(=O)C2CC(C)CCN2)c1. The third-order valence-corrected chi connectivity index (χ3v) is 3.66. The van der Waals surface area contributed by atoms with E-state index in [9.17, 15) is 4.79 Å². The molecule has 2 rings (SSSR count). The van der Waals surface area contributed by atoms with Crippen LogP contribution in [0.25, 0.3) is 0 Å². The smallest absolute Gasteiger partial charge is 0.237 e. The topological polar surface area (TPSA) is 50.4 Å². The first kappa shape index (κ1) is 14.9. The molecule has 2 N–H and O–H groups in total. The molecule has 0 radical (unpaired) electrons. The summed E-state index contributed by atoms with van der Waals surface area (Å²) in [7, 11) is 0. The van der Waals surface area contributed by atoms with Crippen LogP contribution in [0.15, 0.2) is 24.3 Å². The molecule has 1 aliphatic rings. The zero-order valence-electron chi connectivity index (χ0n) is 12.3. The summed E-state index contributed by atoms with van der Waals surface area (Å²) in [4.78, 5) is 12.1. The number of amides is 1. The van der Waals surface area contributed by atoms with Crippen molar-refractivity contribution in [2.45, 2.75) is 39.3 Å². The van der Waals surface area contributed by atoms with Gasteiger partial charge in [0, 0.05) is 6.54 Å². The van der Waals surface area contributed by atoms with Gasteiger partial charge in [-0.15, -0.1) is 0 Å². The number of carbonyl (C=O) groups is 1. The van der Waals surface area contributed by atoms with Crippen molar-refractivity contribution in [3.05, 3.63) is 29.8 Å². The van der Waals surface area contributed by atoms with Gasteiger partial charge in [-0.25, -0.2) is 0 Å². The van der Waals surface area contributed by atoms with E-state index in [-0.39, 0.29) is 11.9 Å². The molecular weight excluding hydrogens is 252 g/mol. The summed E-state index contributed by atoms with van der Waals surface area (Å²) >= 11 is 0. The van der Waals surface area contributed by atoms with E-state index in [0.717, 1.165) is 30.7 Å². The van der Waals surface area contributed by atoms with Crippen molar-refractivity contribution >= 4 is 5.91 Å². The van der Waals surface area contributed by atoms with Crippen molar-refractivity contribution in [2.24, 2.45) is 5.92 Å². The molecule has 2 atom stereocenters. The van der Waals surface area contributed by atoms with Crippen LogP contribution in [0.4, 0.5) is 0 Å². The Morgan fingerprint density at radius 3 is 3.10 bits per heavy atom. The standard InChI is InChI=1S/C16H24N2O2/c1-3-20-14-6-4-5-13(10-14)11-18-16(19)15-9-12(2)7-8-17-15/h4-6,10,12,15,17H,3,7-9,11H2,1-2H3,(H,18,19). The lowest BCUT2D eigenvalue weighted by Gasteiger charge is -2.27. The molecular formula is C16H24N2O2. The molecule has 1 aliphatic heterocycles. The summed E-state index contributed by atoms with van der Waals surface area (Å²) < 4.78 is 5.46. The number of ether oxygens (including phenoxy) is 1.